The summed E-state index contributed by atoms with van der Waals surface area (Å²) in [5.74, 6) is 0.373. The monoisotopic (exact) mass is 275 g/mol. The first-order valence-electron chi connectivity index (χ1n) is 6.63. The first kappa shape index (κ1) is 14.2. The van der Waals surface area contributed by atoms with E-state index in [2.05, 4.69) is 55.5 Å². The second-order valence-electron chi connectivity index (χ2n) is 5.36. The van der Waals surface area contributed by atoms with Crippen molar-refractivity contribution in [2.75, 3.05) is 0 Å². The van der Waals surface area contributed by atoms with Crippen LogP contribution in [-0.4, -0.2) is 9.59 Å². The minimum absolute atomic E-state index is 0.0165. The Balaban J connectivity index is 2.26. The fourth-order valence-corrected chi connectivity index (χ4v) is 3.15. The van der Waals surface area contributed by atoms with Crippen LogP contribution >= 0.6 is 11.5 Å². The van der Waals surface area contributed by atoms with Gasteiger partial charge in [-0.2, -0.15) is 0 Å². The molecule has 0 aliphatic heterocycles. The number of hydrogen-bond acceptors (Lipinski definition) is 4. The lowest BCUT2D eigenvalue weighted by Crippen LogP contribution is -2.15. The smallest absolute Gasteiger partial charge is 0.0829 e. The van der Waals surface area contributed by atoms with Crippen molar-refractivity contribution < 1.29 is 0 Å². The third kappa shape index (κ3) is 3.01. The summed E-state index contributed by atoms with van der Waals surface area (Å²) >= 11 is 1.43. The molecule has 1 atom stereocenters. The number of hydrogen-bond donors (Lipinski definition) is 1. The van der Waals surface area contributed by atoms with Crippen molar-refractivity contribution >= 4 is 11.5 Å². The fourth-order valence-electron chi connectivity index (χ4n) is 2.35. The van der Waals surface area contributed by atoms with Gasteiger partial charge in [0, 0.05) is 6.04 Å². The molecule has 0 fully saturated rings. The van der Waals surface area contributed by atoms with Gasteiger partial charge in [0.1, 0.15) is 0 Å². The maximum absolute atomic E-state index is 6.38. The van der Waals surface area contributed by atoms with Crippen molar-refractivity contribution in [2.45, 2.75) is 46.1 Å². The normalized spacial score (nSPS) is 12.9. The van der Waals surface area contributed by atoms with Crippen LogP contribution in [0.5, 0.6) is 0 Å². The minimum Gasteiger partial charge on any atom is -0.323 e. The molecule has 2 rings (SSSR count). The number of rotatable bonds is 4. The van der Waals surface area contributed by atoms with E-state index >= 15 is 0 Å². The Bertz CT molecular complexity index is 540. The first-order chi connectivity index (χ1) is 9.00. The summed E-state index contributed by atoms with van der Waals surface area (Å²) in [6.45, 7) is 8.55. The number of benzene rings is 1. The van der Waals surface area contributed by atoms with Crippen molar-refractivity contribution in [3.05, 3.63) is 45.5 Å². The lowest BCUT2D eigenvalue weighted by molar-refractivity contribution is 0.696. The number of aryl methyl sites for hydroxylation is 2. The van der Waals surface area contributed by atoms with Crippen molar-refractivity contribution in [1.29, 1.82) is 0 Å². The van der Waals surface area contributed by atoms with Crippen LogP contribution in [0.3, 0.4) is 0 Å². The van der Waals surface area contributed by atoms with Crippen LogP contribution in [0.2, 0.25) is 0 Å². The van der Waals surface area contributed by atoms with Gasteiger partial charge in [0.15, 0.2) is 0 Å². The van der Waals surface area contributed by atoms with E-state index in [0.717, 1.165) is 17.0 Å². The highest BCUT2D eigenvalue weighted by atomic mass is 32.1. The average Bonchev–Trinajstić information content (AvgIpc) is 2.83. The summed E-state index contributed by atoms with van der Waals surface area (Å²) in [5.41, 5.74) is 11.4. The molecule has 2 aromatic rings. The van der Waals surface area contributed by atoms with E-state index in [-0.39, 0.29) is 6.04 Å². The summed E-state index contributed by atoms with van der Waals surface area (Å²) in [5, 5.41) is 4.21. The van der Waals surface area contributed by atoms with Crippen molar-refractivity contribution in [2.24, 2.45) is 5.73 Å². The summed E-state index contributed by atoms with van der Waals surface area (Å²) < 4.78 is 4.06. The molecule has 19 heavy (non-hydrogen) atoms. The van der Waals surface area contributed by atoms with E-state index in [9.17, 15) is 0 Å². The SMILES string of the molecule is Cc1cccc(C)c1CC(N)c1snnc1C(C)C. The van der Waals surface area contributed by atoms with Gasteiger partial charge in [-0.25, -0.2) is 0 Å². The van der Waals surface area contributed by atoms with Crippen LogP contribution in [-0.2, 0) is 6.42 Å². The van der Waals surface area contributed by atoms with Gasteiger partial charge in [-0.05, 0) is 54.4 Å². The Morgan fingerprint density at radius 1 is 1.21 bits per heavy atom. The molecule has 0 amide bonds. The van der Waals surface area contributed by atoms with Crippen LogP contribution in [0.4, 0.5) is 0 Å². The van der Waals surface area contributed by atoms with E-state index < -0.39 is 0 Å². The second kappa shape index (κ2) is 5.80. The van der Waals surface area contributed by atoms with E-state index in [1.807, 2.05) is 0 Å². The molecule has 0 bridgehead atoms. The molecule has 1 heterocycles. The molecule has 2 N–H and O–H groups in total. The Kier molecular flexibility index (Phi) is 4.32. The van der Waals surface area contributed by atoms with Crippen LogP contribution in [0, 0.1) is 13.8 Å². The lowest BCUT2D eigenvalue weighted by atomic mass is 9.95. The molecule has 3 nitrogen and oxygen atoms in total. The van der Waals surface area contributed by atoms with E-state index in [4.69, 9.17) is 5.73 Å². The molecule has 1 unspecified atom stereocenters. The fraction of sp³-hybridized carbons (Fsp3) is 0.467. The molecule has 0 radical (unpaired) electrons. The highest BCUT2D eigenvalue weighted by molar-refractivity contribution is 7.05. The van der Waals surface area contributed by atoms with Crippen LogP contribution in [0.25, 0.3) is 0 Å². The van der Waals surface area contributed by atoms with Crippen molar-refractivity contribution in [3.8, 4) is 0 Å². The van der Waals surface area contributed by atoms with E-state index in [0.29, 0.717) is 5.92 Å². The predicted molar refractivity (Wildman–Crippen MR) is 80.5 cm³/mol. The second-order valence-corrected chi connectivity index (χ2v) is 6.14. The quantitative estimate of drug-likeness (QED) is 0.928. The van der Waals surface area contributed by atoms with Crippen LogP contribution in [0.1, 0.15) is 53.1 Å². The molecule has 1 aromatic heterocycles. The van der Waals surface area contributed by atoms with Gasteiger partial charge in [-0.3, -0.25) is 0 Å². The Morgan fingerprint density at radius 2 is 1.84 bits per heavy atom. The Hall–Kier alpha value is -1.26. The van der Waals surface area contributed by atoms with E-state index in [1.54, 1.807) is 0 Å². The number of nitrogens with two attached hydrogens (primary N) is 1. The highest BCUT2D eigenvalue weighted by Crippen LogP contribution is 2.28. The molecule has 0 saturated carbocycles. The molecule has 102 valence electrons. The summed E-state index contributed by atoms with van der Waals surface area (Å²) in [7, 11) is 0. The van der Waals surface area contributed by atoms with Crippen molar-refractivity contribution in [1.82, 2.24) is 9.59 Å². The zero-order chi connectivity index (χ0) is 14.0. The van der Waals surface area contributed by atoms with Gasteiger partial charge >= 0.3 is 0 Å². The topological polar surface area (TPSA) is 51.8 Å². The average molecular weight is 275 g/mol. The third-order valence-electron chi connectivity index (χ3n) is 3.49. The summed E-state index contributed by atoms with van der Waals surface area (Å²) in [6.07, 6.45) is 0.849. The molecular formula is C15H21N3S. The van der Waals surface area contributed by atoms with Gasteiger partial charge in [0.2, 0.25) is 0 Å². The van der Waals surface area contributed by atoms with Gasteiger partial charge < -0.3 is 5.73 Å². The highest BCUT2D eigenvalue weighted by Gasteiger charge is 2.19. The largest absolute Gasteiger partial charge is 0.323 e. The Morgan fingerprint density at radius 3 is 2.42 bits per heavy atom. The molecule has 1 aromatic carbocycles. The van der Waals surface area contributed by atoms with Gasteiger partial charge in [-0.1, -0.05) is 36.5 Å². The van der Waals surface area contributed by atoms with Gasteiger partial charge in [0.05, 0.1) is 10.6 Å². The lowest BCUT2D eigenvalue weighted by Gasteiger charge is -2.15. The Labute approximate surface area is 119 Å². The molecule has 0 aliphatic rings. The first-order valence-corrected chi connectivity index (χ1v) is 7.40. The maximum Gasteiger partial charge on any atom is 0.0829 e. The van der Waals surface area contributed by atoms with Crippen LogP contribution < -0.4 is 5.73 Å². The molecule has 0 aliphatic carbocycles. The van der Waals surface area contributed by atoms with Crippen molar-refractivity contribution in [3.63, 3.8) is 0 Å². The zero-order valence-corrected chi connectivity index (χ0v) is 12.8. The van der Waals surface area contributed by atoms with Crippen LogP contribution in [0.15, 0.2) is 18.2 Å². The predicted octanol–water partition coefficient (Wildman–Crippen LogP) is 3.52. The molecule has 0 spiro atoms. The van der Waals surface area contributed by atoms with E-state index in [1.165, 1.54) is 28.2 Å². The molecular weight excluding hydrogens is 254 g/mol. The standard InChI is InChI=1S/C15H21N3S/c1-9(2)14-15(19-18-17-14)13(16)8-12-10(3)6-5-7-11(12)4/h5-7,9,13H,8,16H2,1-4H3. The molecule has 0 saturated heterocycles. The maximum atomic E-state index is 6.38. The molecule has 4 heteroatoms. The summed E-state index contributed by atoms with van der Waals surface area (Å²) in [6, 6.07) is 6.36. The van der Waals surface area contributed by atoms with Gasteiger partial charge in [0.25, 0.3) is 0 Å². The third-order valence-corrected chi connectivity index (χ3v) is 4.36. The summed E-state index contributed by atoms with van der Waals surface area (Å²) in [4.78, 5) is 1.12. The zero-order valence-electron chi connectivity index (χ0n) is 12.0. The number of aromatic nitrogens is 2. The number of nitrogens with zero attached hydrogens (tertiary/aromatic N) is 2. The van der Waals surface area contributed by atoms with Gasteiger partial charge in [-0.15, -0.1) is 5.10 Å². The minimum atomic E-state index is -0.0165.